The monoisotopic (exact) mass is 353 g/mol. The lowest BCUT2D eigenvalue weighted by Crippen LogP contribution is -2.41. The first kappa shape index (κ1) is 17.3. The number of hydrazine groups is 1. The molecule has 0 saturated carbocycles. The minimum Gasteiger partial charge on any atom is -0.267 e. The third-order valence-electron chi connectivity index (χ3n) is 3.73. The van der Waals surface area contributed by atoms with Crippen molar-refractivity contribution in [3.8, 4) is 5.69 Å². The number of aromatic nitrogens is 3. The van der Waals surface area contributed by atoms with Crippen molar-refractivity contribution in [1.29, 1.82) is 0 Å². The molecule has 7 nitrogen and oxygen atoms in total. The van der Waals surface area contributed by atoms with Crippen LogP contribution in [-0.4, -0.2) is 26.6 Å². The summed E-state index contributed by atoms with van der Waals surface area (Å²) >= 11 is 0. The van der Waals surface area contributed by atoms with Crippen LogP contribution in [0, 0.1) is 5.82 Å². The smallest absolute Gasteiger partial charge is 0.267 e. The standard InChI is InChI=1S/C18H16FN5O2/c1-2-16-15(11-21-24(16)14-7-5-13(19)6-8-14)18(26)23-22-17(25)12-4-3-9-20-10-12/h3-11H,2H2,1H3,(H,22,25)(H,23,26). The quantitative estimate of drug-likeness (QED) is 0.703. The first-order valence-electron chi connectivity index (χ1n) is 7.93. The Bertz CT molecular complexity index is 923. The Hall–Kier alpha value is -3.55. The van der Waals surface area contributed by atoms with E-state index in [4.69, 9.17) is 0 Å². The van der Waals surface area contributed by atoms with Crippen molar-refractivity contribution in [2.75, 3.05) is 0 Å². The fraction of sp³-hybridized carbons (Fsp3) is 0.111. The molecule has 2 aromatic heterocycles. The van der Waals surface area contributed by atoms with Crippen molar-refractivity contribution in [1.82, 2.24) is 25.6 Å². The van der Waals surface area contributed by atoms with E-state index >= 15 is 0 Å². The Kier molecular flexibility index (Phi) is 5.02. The lowest BCUT2D eigenvalue weighted by Gasteiger charge is -2.09. The number of pyridine rings is 1. The second-order valence-electron chi connectivity index (χ2n) is 5.40. The van der Waals surface area contributed by atoms with Crippen LogP contribution >= 0.6 is 0 Å². The van der Waals surface area contributed by atoms with Gasteiger partial charge >= 0.3 is 0 Å². The lowest BCUT2D eigenvalue weighted by atomic mass is 10.2. The summed E-state index contributed by atoms with van der Waals surface area (Å²) in [6.07, 6.45) is 4.88. The Balaban J connectivity index is 1.75. The van der Waals surface area contributed by atoms with Crippen LogP contribution in [0.1, 0.15) is 33.3 Å². The van der Waals surface area contributed by atoms with E-state index in [9.17, 15) is 14.0 Å². The van der Waals surface area contributed by atoms with Gasteiger partial charge in [-0.2, -0.15) is 5.10 Å². The number of amides is 2. The number of nitrogens with zero attached hydrogens (tertiary/aromatic N) is 3. The Morgan fingerprint density at radius 1 is 1.08 bits per heavy atom. The maximum atomic E-state index is 13.1. The van der Waals surface area contributed by atoms with Gasteiger partial charge in [0.15, 0.2) is 0 Å². The molecule has 8 heteroatoms. The van der Waals surface area contributed by atoms with Crippen molar-refractivity contribution in [3.05, 3.63) is 77.6 Å². The molecule has 0 bridgehead atoms. The predicted molar refractivity (Wildman–Crippen MR) is 92.1 cm³/mol. The highest BCUT2D eigenvalue weighted by Crippen LogP contribution is 2.16. The molecule has 0 aliphatic heterocycles. The fourth-order valence-electron chi connectivity index (χ4n) is 2.46. The number of hydrogen-bond acceptors (Lipinski definition) is 4. The molecule has 0 fully saturated rings. The van der Waals surface area contributed by atoms with Gasteiger partial charge in [-0.15, -0.1) is 0 Å². The minimum atomic E-state index is -0.493. The molecule has 0 aliphatic rings. The summed E-state index contributed by atoms with van der Waals surface area (Å²) in [5, 5.41) is 4.20. The van der Waals surface area contributed by atoms with Crippen LogP contribution in [0.4, 0.5) is 4.39 Å². The van der Waals surface area contributed by atoms with E-state index < -0.39 is 11.8 Å². The summed E-state index contributed by atoms with van der Waals surface area (Å²) in [4.78, 5) is 28.2. The Morgan fingerprint density at radius 2 is 1.81 bits per heavy atom. The normalized spacial score (nSPS) is 10.4. The summed E-state index contributed by atoms with van der Waals surface area (Å²) in [7, 11) is 0. The van der Waals surface area contributed by atoms with Gasteiger partial charge in [0.2, 0.25) is 0 Å². The number of carbonyl (C=O) groups is 2. The Labute approximate surface area is 148 Å². The van der Waals surface area contributed by atoms with Crippen molar-refractivity contribution in [2.45, 2.75) is 13.3 Å². The van der Waals surface area contributed by atoms with Gasteiger partial charge in [-0.3, -0.25) is 25.4 Å². The zero-order valence-corrected chi connectivity index (χ0v) is 13.9. The van der Waals surface area contributed by atoms with Crippen LogP contribution in [0.3, 0.4) is 0 Å². The zero-order valence-electron chi connectivity index (χ0n) is 13.9. The summed E-state index contributed by atoms with van der Waals surface area (Å²) in [6, 6.07) is 9.01. The molecule has 0 aliphatic carbocycles. The third kappa shape index (κ3) is 3.59. The first-order chi connectivity index (χ1) is 12.6. The average Bonchev–Trinajstić information content (AvgIpc) is 3.11. The van der Waals surface area contributed by atoms with Gasteiger partial charge in [-0.05, 0) is 42.8 Å². The van der Waals surface area contributed by atoms with E-state index in [2.05, 4.69) is 20.9 Å². The molecule has 2 heterocycles. The molecule has 2 N–H and O–H groups in total. The van der Waals surface area contributed by atoms with E-state index in [1.54, 1.807) is 35.1 Å². The topological polar surface area (TPSA) is 88.9 Å². The van der Waals surface area contributed by atoms with Crippen molar-refractivity contribution in [3.63, 3.8) is 0 Å². The van der Waals surface area contributed by atoms with E-state index in [1.807, 2.05) is 6.92 Å². The molecule has 1 aromatic carbocycles. The number of nitrogens with one attached hydrogen (secondary N) is 2. The average molecular weight is 353 g/mol. The molecule has 3 aromatic rings. The van der Waals surface area contributed by atoms with Crippen LogP contribution in [0.5, 0.6) is 0 Å². The molecule has 0 unspecified atom stereocenters. The molecular formula is C18H16FN5O2. The van der Waals surface area contributed by atoms with E-state index in [1.165, 1.54) is 24.5 Å². The van der Waals surface area contributed by atoms with E-state index in [0.29, 0.717) is 28.9 Å². The summed E-state index contributed by atoms with van der Waals surface area (Å²) in [6.45, 7) is 1.88. The molecule has 2 amide bonds. The number of halogens is 1. The zero-order chi connectivity index (χ0) is 18.5. The second kappa shape index (κ2) is 7.56. The second-order valence-corrected chi connectivity index (χ2v) is 5.40. The number of benzene rings is 1. The number of hydrogen-bond donors (Lipinski definition) is 2. The summed E-state index contributed by atoms with van der Waals surface area (Å²) in [5.74, 6) is -1.32. The number of rotatable bonds is 4. The van der Waals surface area contributed by atoms with Crippen LogP contribution in [-0.2, 0) is 6.42 Å². The van der Waals surface area contributed by atoms with Gasteiger partial charge in [0.1, 0.15) is 5.82 Å². The maximum Gasteiger partial charge on any atom is 0.273 e. The lowest BCUT2D eigenvalue weighted by molar-refractivity contribution is 0.0846. The fourth-order valence-corrected chi connectivity index (χ4v) is 2.46. The van der Waals surface area contributed by atoms with Gasteiger partial charge in [0, 0.05) is 12.4 Å². The highest BCUT2D eigenvalue weighted by atomic mass is 19.1. The van der Waals surface area contributed by atoms with Gasteiger partial charge in [-0.25, -0.2) is 9.07 Å². The van der Waals surface area contributed by atoms with Crippen LogP contribution in [0.25, 0.3) is 5.69 Å². The van der Waals surface area contributed by atoms with Gasteiger partial charge < -0.3 is 0 Å². The molecule has 132 valence electrons. The summed E-state index contributed by atoms with van der Waals surface area (Å²) < 4.78 is 14.7. The minimum absolute atomic E-state index is 0.323. The highest BCUT2D eigenvalue weighted by molar-refractivity contribution is 5.99. The molecule has 0 spiro atoms. The Morgan fingerprint density at radius 3 is 2.46 bits per heavy atom. The summed E-state index contributed by atoms with van der Waals surface area (Å²) in [5.41, 5.74) is 6.64. The molecule has 26 heavy (non-hydrogen) atoms. The maximum absolute atomic E-state index is 13.1. The van der Waals surface area contributed by atoms with E-state index in [-0.39, 0.29) is 5.82 Å². The van der Waals surface area contributed by atoms with E-state index in [0.717, 1.165) is 0 Å². The highest BCUT2D eigenvalue weighted by Gasteiger charge is 2.18. The molecule has 0 atom stereocenters. The van der Waals surface area contributed by atoms with Crippen molar-refractivity contribution < 1.29 is 14.0 Å². The molecule has 0 saturated heterocycles. The number of carbonyl (C=O) groups excluding carboxylic acids is 2. The first-order valence-corrected chi connectivity index (χ1v) is 7.93. The van der Waals surface area contributed by atoms with Crippen LogP contribution in [0.15, 0.2) is 55.0 Å². The molecular weight excluding hydrogens is 337 g/mol. The molecule has 0 radical (unpaired) electrons. The van der Waals surface area contributed by atoms with Gasteiger partial charge in [-0.1, -0.05) is 6.92 Å². The molecule has 3 rings (SSSR count). The third-order valence-corrected chi connectivity index (χ3v) is 3.73. The SMILES string of the molecule is CCc1c(C(=O)NNC(=O)c2cccnc2)cnn1-c1ccc(F)cc1. The van der Waals surface area contributed by atoms with Gasteiger partial charge in [0.05, 0.1) is 28.7 Å². The predicted octanol–water partition coefficient (Wildman–Crippen LogP) is 2.04. The van der Waals surface area contributed by atoms with Crippen LogP contribution < -0.4 is 10.9 Å². The largest absolute Gasteiger partial charge is 0.273 e. The van der Waals surface area contributed by atoms with Crippen LogP contribution in [0.2, 0.25) is 0 Å². The van der Waals surface area contributed by atoms with Crippen molar-refractivity contribution >= 4 is 11.8 Å². The van der Waals surface area contributed by atoms with Gasteiger partial charge in [0.25, 0.3) is 11.8 Å². The van der Waals surface area contributed by atoms with Crippen molar-refractivity contribution in [2.24, 2.45) is 0 Å².